The lowest BCUT2D eigenvalue weighted by atomic mass is 9.72. The zero-order valence-electron chi connectivity index (χ0n) is 31.5. The van der Waals surface area contributed by atoms with Gasteiger partial charge in [-0.25, -0.2) is 0 Å². The smallest absolute Gasteiger partial charge is 0.321 e. The number of ether oxygens (including phenoxy) is 4. The minimum absolute atomic E-state index is 0.00667. The van der Waals surface area contributed by atoms with Crippen LogP contribution < -0.4 is 15.8 Å². The molecule has 2 aliphatic carbocycles. The number of Topliss-reactive ketones (excluding diaryl/α,β-unsaturated/α-hetero) is 1. The summed E-state index contributed by atoms with van der Waals surface area (Å²) in [4.78, 5) is 77.7. The van der Waals surface area contributed by atoms with Crippen molar-refractivity contribution in [2.45, 2.75) is 80.1 Å². The molecule has 314 valence electrons. The predicted molar refractivity (Wildman–Crippen MR) is 200 cm³/mol. The van der Waals surface area contributed by atoms with Crippen molar-refractivity contribution in [2.75, 3.05) is 45.8 Å². The first-order valence-corrected chi connectivity index (χ1v) is 19.6. The molecular formula is C38H45N3O16S. The Kier molecular flexibility index (Phi) is 12.9. The summed E-state index contributed by atoms with van der Waals surface area (Å²) in [6, 6.07) is 2.46. The average Bonchev–Trinajstić information content (AvgIpc) is 3.46. The van der Waals surface area contributed by atoms with Crippen molar-refractivity contribution in [3.05, 3.63) is 51.6 Å². The number of benzene rings is 2. The molecule has 2 amide bonds. The van der Waals surface area contributed by atoms with Crippen LogP contribution in [0.2, 0.25) is 0 Å². The summed E-state index contributed by atoms with van der Waals surface area (Å²) in [7, 11) is 1.30. The van der Waals surface area contributed by atoms with E-state index in [2.05, 4.69) is 5.32 Å². The number of carboxylic acid groups (broad SMARTS) is 1. The fourth-order valence-electron chi connectivity index (χ4n) is 7.80. The van der Waals surface area contributed by atoms with Crippen molar-refractivity contribution >= 4 is 46.9 Å². The molecule has 2 aromatic carbocycles. The number of methoxy groups -OCH3 is 1. The van der Waals surface area contributed by atoms with Crippen LogP contribution in [0.4, 0.5) is 0 Å². The van der Waals surface area contributed by atoms with E-state index in [9.17, 15) is 54.3 Å². The molecule has 0 bridgehead atoms. The van der Waals surface area contributed by atoms with Gasteiger partial charge >= 0.3 is 5.97 Å². The molecule has 2 aromatic rings. The molecule has 19 nitrogen and oxygen atoms in total. The molecule has 2 aliphatic heterocycles. The van der Waals surface area contributed by atoms with E-state index in [1.54, 1.807) is 6.92 Å². The highest BCUT2D eigenvalue weighted by Crippen LogP contribution is 2.52. The number of aliphatic hydroxyl groups is 3. The Morgan fingerprint density at radius 3 is 2.52 bits per heavy atom. The van der Waals surface area contributed by atoms with Crippen LogP contribution in [0.15, 0.2) is 18.2 Å². The molecule has 20 heteroatoms. The van der Waals surface area contributed by atoms with E-state index >= 15 is 0 Å². The number of amides is 2. The summed E-state index contributed by atoms with van der Waals surface area (Å²) in [5, 5.41) is 67.0. The van der Waals surface area contributed by atoms with E-state index < -0.39 is 125 Å². The number of hydrogen-bond donors (Lipinski definition) is 8. The van der Waals surface area contributed by atoms with Gasteiger partial charge in [0, 0.05) is 60.7 Å². The molecular weight excluding hydrogens is 786 g/mol. The normalized spacial score (nSPS) is 27.2. The van der Waals surface area contributed by atoms with Crippen molar-refractivity contribution in [1.29, 1.82) is 0 Å². The van der Waals surface area contributed by atoms with E-state index in [0.29, 0.717) is 0 Å². The molecule has 8 atom stereocenters. The number of hydrogen-bond acceptors (Lipinski definition) is 18. The number of phenols is 2. The van der Waals surface area contributed by atoms with Gasteiger partial charge in [0.1, 0.15) is 35.5 Å². The Morgan fingerprint density at radius 2 is 1.83 bits per heavy atom. The molecule has 0 spiro atoms. The van der Waals surface area contributed by atoms with Crippen LogP contribution in [0.1, 0.15) is 75.3 Å². The minimum atomic E-state index is -2.33. The van der Waals surface area contributed by atoms with Crippen LogP contribution in [0.25, 0.3) is 0 Å². The maximum atomic E-state index is 13.9. The first kappa shape index (κ1) is 43.1. The van der Waals surface area contributed by atoms with Crippen LogP contribution in [0.5, 0.6) is 17.2 Å². The largest absolute Gasteiger partial charge is 0.507 e. The van der Waals surface area contributed by atoms with Crippen molar-refractivity contribution in [1.82, 2.24) is 10.2 Å². The van der Waals surface area contributed by atoms with Crippen molar-refractivity contribution in [3.63, 3.8) is 0 Å². The third-order valence-electron chi connectivity index (χ3n) is 10.9. The second-order valence-electron chi connectivity index (χ2n) is 14.5. The summed E-state index contributed by atoms with van der Waals surface area (Å²) in [5.41, 5.74) is 1.49. The van der Waals surface area contributed by atoms with Crippen LogP contribution in [-0.2, 0) is 39.8 Å². The monoisotopic (exact) mass is 831 g/mol. The number of carbonyl (C=O) groups is 6. The number of likely N-dealkylation sites (tertiary alicyclic amines) is 1. The molecule has 0 radical (unpaired) electrons. The second kappa shape index (κ2) is 17.4. The van der Waals surface area contributed by atoms with Crippen LogP contribution >= 0.6 is 11.8 Å². The number of nitrogens with one attached hydrogen (secondary N) is 1. The Bertz CT molecular complexity index is 2010. The van der Waals surface area contributed by atoms with Gasteiger partial charge in [-0.05, 0) is 13.0 Å². The molecule has 58 heavy (non-hydrogen) atoms. The third kappa shape index (κ3) is 8.08. The Hall–Kier alpha value is -4.51. The van der Waals surface area contributed by atoms with E-state index in [1.807, 2.05) is 0 Å². The number of imide groups is 1. The lowest BCUT2D eigenvalue weighted by Crippen LogP contribution is -2.55. The number of nitrogens with zero attached hydrogens (tertiary/aromatic N) is 1. The molecule has 1 unspecified atom stereocenters. The lowest BCUT2D eigenvalue weighted by Gasteiger charge is -2.43. The molecule has 0 saturated carbocycles. The number of aromatic hydroxyl groups is 2. The first-order chi connectivity index (χ1) is 27.5. The maximum absolute atomic E-state index is 13.9. The number of nitrogens with two attached hydrogens (primary N) is 1. The molecule has 9 N–H and O–H groups in total. The summed E-state index contributed by atoms with van der Waals surface area (Å²) >= 11 is 1.01. The summed E-state index contributed by atoms with van der Waals surface area (Å²) in [6.45, 7) is 0.765. The molecule has 2 heterocycles. The van der Waals surface area contributed by atoms with E-state index in [4.69, 9.17) is 29.8 Å². The van der Waals surface area contributed by atoms with Gasteiger partial charge in [-0.1, -0.05) is 12.1 Å². The van der Waals surface area contributed by atoms with Gasteiger partial charge in [0.15, 0.2) is 17.9 Å². The Balaban J connectivity index is 1.14. The number of thioether (sulfide) groups is 1. The maximum Gasteiger partial charge on any atom is 0.321 e. The van der Waals surface area contributed by atoms with Crippen LogP contribution in [0, 0.1) is 0 Å². The van der Waals surface area contributed by atoms with Gasteiger partial charge in [0.2, 0.25) is 17.6 Å². The first-order valence-electron chi connectivity index (χ1n) is 18.5. The molecule has 6 rings (SSSR count). The van der Waals surface area contributed by atoms with Gasteiger partial charge < -0.3 is 60.6 Å². The number of carboxylic acids is 1. The standard InChI is InChI=1S/C38H45N3O16S/c1-16-31(45)20(40-6-8-55-9-7-41-25(44)11-23(36(41)50)58-15-19(39)37(51)52)10-26(56-16)57-22-13-38(53,24(43)14-42)12-18-28(22)35(49)30-29(33(18)47)32(46)17-4-3-5-21(54-2)27(17)34(30)48/h3-5,16,19-20,22-23,26,31,40,42,45,47,49,53H,6-15,39H2,1-2H3,(H,51,52)/t16-,19-,20-,22-,23?,26-,31+,38-/m0/s1. The van der Waals surface area contributed by atoms with Gasteiger partial charge in [0.05, 0.1) is 67.1 Å². The summed E-state index contributed by atoms with van der Waals surface area (Å²) in [6.07, 6.45) is -5.78. The van der Waals surface area contributed by atoms with Gasteiger partial charge in [-0.15, -0.1) is 11.8 Å². The van der Waals surface area contributed by atoms with Crippen LogP contribution in [-0.4, -0.2) is 158 Å². The highest BCUT2D eigenvalue weighted by molar-refractivity contribution is 8.00. The second-order valence-corrected chi connectivity index (χ2v) is 15.8. The number of aliphatic hydroxyl groups excluding tert-OH is 2. The number of fused-ring (bicyclic) bond motifs is 3. The van der Waals surface area contributed by atoms with Gasteiger partial charge in [-0.2, -0.15) is 0 Å². The zero-order chi connectivity index (χ0) is 42.2. The quantitative estimate of drug-likeness (QED) is 0.0484. The van der Waals surface area contributed by atoms with Crippen molar-refractivity contribution in [3.8, 4) is 17.2 Å². The highest BCUT2D eigenvalue weighted by atomic mass is 32.2. The number of aliphatic carboxylic acids is 1. The lowest BCUT2D eigenvalue weighted by molar-refractivity contribution is -0.250. The fourth-order valence-corrected chi connectivity index (χ4v) is 8.91. The number of carbonyl (C=O) groups excluding carboxylic acids is 5. The summed E-state index contributed by atoms with van der Waals surface area (Å²) < 4.78 is 23.1. The molecule has 2 saturated heterocycles. The topological polar surface area (TPSA) is 302 Å². The predicted octanol–water partition coefficient (Wildman–Crippen LogP) is -1.08. The SMILES string of the molecule is COc1cccc2c1C(=O)c1c(O)c3c(c(O)c1C2=O)C[C@@](O)(C(=O)CO)C[C@@H]3O[C@H]1C[C@H](NCCOCCN2C(=O)CC(SC[C@H](N)C(=O)O)C2=O)[C@H](O)[C@H](C)O1. The van der Waals surface area contributed by atoms with E-state index in [-0.39, 0.29) is 72.9 Å². The number of ketones is 3. The van der Waals surface area contributed by atoms with E-state index in [1.165, 1.54) is 25.3 Å². The molecule has 4 aliphatic rings. The average molecular weight is 832 g/mol. The van der Waals surface area contributed by atoms with Crippen molar-refractivity contribution in [2.24, 2.45) is 5.73 Å². The Labute approximate surface area is 335 Å². The minimum Gasteiger partial charge on any atom is -0.507 e. The third-order valence-corrected chi connectivity index (χ3v) is 12.2. The summed E-state index contributed by atoms with van der Waals surface area (Å²) in [5.74, 6) is -6.16. The highest BCUT2D eigenvalue weighted by Gasteiger charge is 2.50. The van der Waals surface area contributed by atoms with Crippen molar-refractivity contribution < 1.29 is 78.4 Å². The fraction of sp³-hybridized carbons (Fsp3) is 0.526. The number of phenolic OH excluding ortho intramolecular Hbond substituents is 2. The Morgan fingerprint density at radius 1 is 1.10 bits per heavy atom. The molecule has 0 aromatic heterocycles. The van der Waals surface area contributed by atoms with E-state index in [0.717, 1.165) is 16.7 Å². The molecule has 2 fully saturated rings. The van der Waals surface area contributed by atoms with Gasteiger partial charge in [0.25, 0.3) is 0 Å². The zero-order valence-corrected chi connectivity index (χ0v) is 32.4. The van der Waals surface area contributed by atoms with Crippen LogP contribution in [0.3, 0.4) is 0 Å². The number of rotatable bonds is 16. The van der Waals surface area contributed by atoms with Gasteiger partial charge in [-0.3, -0.25) is 33.7 Å².